The molecule has 0 amide bonds. The summed E-state index contributed by atoms with van der Waals surface area (Å²) < 4.78 is 32.2. The van der Waals surface area contributed by atoms with E-state index in [4.69, 9.17) is 4.74 Å². The van der Waals surface area contributed by atoms with Gasteiger partial charge >= 0.3 is 0 Å². The first-order valence-electron chi connectivity index (χ1n) is 7.83. The highest BCUT2D eigenvalue weighted by Gasteiger charge is 2.27. The van der Waals surface area contributed by atoms with Crippen LogP contribution in [0.15, 0.2) is 29.2 Å². The first-order valence-corrected chi connectivity index (χ1v) is 9.32. The van der Waals surface area contributed by atoms with Crippen molar-refractivity contribution in [3.63, 3.8) is 0 Å². The highest BCUT2D eigenvalue weighted by molar-refractivity contribution is 7.89. The molecule has 1 fully saturated rings. The Morgan fingerprint density at radius 3 is 2.55 bits per heavy atom. The second kappa shape index (κ2) is 7.55. The van der Waals surface area contributed by atoms with Gasteiger partial charge in [0.1, 0.15) is 0 Å². The van der Waals surface area contributed by atoms with Gasteiger partial charge in [0.15, 0.2) is 0 Å². The molecule has 2 atom stereocenters. The van der Waals surface area contributed by atoms with E-state index >= 15 is 0 Å². The summed E-state index contributed by atoms with van der Waals surface area (Å²) in [6.45, 7) is 8.74. The van der Waals surface area contributed by atoms with Gasteiger partial charge in [0, 0.05) is 19.1 Å². The van der Waals surface area contributed by atoms with Gasteiger partial charge in [0.25, 0.3) is 0 Å². The van der Waals surface area contributed by atoms with Crippen molar-refractivity contribution in [1.29, 1.82) is 0 Å². The van der Waals surface area contributed by atoms with Crippen LogP contribution in [-0.4, -0.2) is 34.2 Å². The van der Waals surface area contributed by atoms with E-state index in [9.17, 15) is 8.42 Å². The Labute approximate surface area is 133 Å². The minimum Gasteiger partial charge on any atom is -0.381 e. The molecule has 0 aromatic heterocycles. The molecule has 2 N–H and O–H groups in total. The molecule has 2 rings (SSSR count). The van der Waals surface area contributed by atoms with Crippen molar-refractivity contribution in [2.45, 2.75) is 38.3 Å². The zero-order chi connectivity index (χ0) is 16.2. The molecule has 1 aliphatic rings. The van der Waals surface area contributed by atoms with Crippen LogP contribution in [0.3, 0.4) is 0 Å². The Morgan fingerprint density at radius 2 is 1.91 bits per heavy atom. The number of rotatable bonds is 6. The minimum atomic E-state index is -3.40. The van der Waals surface area contributed by atoms with Gasteiger partial charge in [-0.25, -0.2) is 13.1 Å². The molecular formula is C16H26N2O3S. The van der Waals surface area contributed by atoms with Crippen molar-refractivity contribution in [3.05, 3.63) is 29.8 Å². The van der Waals surface area contributed by atoms with Gasteiger partial charge in [0.2, 0.25) is 10.0 Å². The molecular weight excluding hydrogens is 300 g/mol. The molecule has 0 radical (unpaired) electrons. The van der Waals surface area contributed by atoms with E-state index in [0.29, 0.717) is 35.9 Å². The van der Waals surface area contributed by atoms with Crippen molar-refractivity contribution in [1.82, 2.24) is 10.0 Å². The summed E-state index contributed by atoms with van der Waals surface area (Å²) in [5.41, 5.74) is 0.977. The molecule has 1 saturated heterocycles. The van der Waals surface area contributed by atoms with Crippen LogP contribution in [0, 0.1) is 11.8 Å². The molecule has 2 unspecified atom stereocenters. The summed E-state index contributed by atoms with van der Waals surface area (Å²) >= 11 is 0. The molecule has 6 heteroatoms. The summed E-state index contributed by atoms with van der Waals surface area (Å²) in [5, 5.41) is 3.55. The van der Waals surface area contributed by atoms with Crippen LogP contribution in [0.25, 0.3) is 0 Å². The third-order valence-corrected chi connectivity index (χ3v) is 5.62. The van der Waals surface area contributed by atoms with Gasteiger partial charge in [-0.3, -0.25) is 0 Å². The molecule has 0 saturated carbocycles. The smallest absolute Gasteiger partial charge is 0.240 e. The van der Waals surface area contributed by atoms with Crippen LogP contribution in [0.2, 0.25) is 0 Å². The molecule has 124 valence electrons. The Hall–Kier alpha value is -0.950. The fourth-order valence-electron chi connectivity index (χ4n) is 2.94. The lowest BCUT2D eigenvalue weighted by Gasteiger charge is -2.35. The van der Waals surface area contributed by atoms with Gasteiger partial charge in [-0.05, 0) is 29.5 Å². The Morgan fingerprint density at radius 1 is 1.23 bits per heavy atom. The number of nitrogens with one attached hydrogen (secondary N) is 2. The molecule has 1 aromatic carbocycles. The summed E-state index contributed by atoms with van der Waals surface area (Å²) in [6.07, 6.45) is 0. The van der Waals surface area contributed by atoms with E-state index in [0.717, 1.165) is 18.8 Å². The van der Waals surface area contributed by atoms with Crippen LogP contribution < -0.4 is 10.0 Å². The van der Waals surface area contributed by atoms with Crippen LogP contribution in [-0.2, 0) is 21.3 Å². The Bertz CT molecular complexity index is 579. The topological polar surface area (TPSA) is 67.4 Å². The van der Waals surface area contributed by atoms with Crippen LogP contribution in [0.5, 0.6) is 0 Å². The average Bonchev–Trinajstić information content (AvgIpc) is 2.47. The summed E-state index contributed by atoms with van der Waals surface area (Å²) in [4.78, 5) is 0.321. The lowest BCUT2D eigenvalue weighted by atomic mass is 9.89. The Kier molecular flexibility index (Phi) is 5.97. The third-order valence-electron chi connectivity index (χ3n) is 4.07. The van der Waals surface area contributed by atoms with Crippen molar-refractivity contribution in [2.24, 2.45) is 11.8 Å². The van der Waals surface area contributed by atoms with Crippen LogP contribution in [0.1, 0.15) is 26.3 Å². The molecule has 22 heavy (non-hydrogen) atoms. The number of ether oxygens (including phenoxy) is 1. The SMILES string of the molecule is CCNS(=O)(=O)c1cccc(CNC2C(C)COCC2C)c1. The zero-order valence-corrected chi connectivity index (χ0v) is 14.3. The van der Waals surface area contributed by atoms with E-state index in [1.165, 1.54) is 0 Å². The average molecular weight is 326 g/mol. The van der Waals surface area contributed by atoms with Gasteiger partial charge < -0.3 is 10.1 Å². The maximum absolute atomic E-state index is 12.0. The van der Waals surface area contributed by atoms with Gasteiger partial charge in [0.05, 0.1) is 18.1 Å². The summed E-state index contributed by atoms with van der Waals surface area (Å²) in [7, 11) is -3.40. The van der Waals surface area contributed by atoms with E-state index in [1.807, 2.05) is 6.07 Å². The van der Waals surface area contributed by atoms with E-state index in [-0.39, 0.29) is 0 Å². The van der Waals surface area contributed by atoms with E-state index < -0.39 is 10.0 Å². The molecule has 0 bridgehead atoms. The van der Waals surface area contributed by atoms with Gasteiger partial charge in [-0.1, -0.05) is 32.9 Å². The molecule has 1 aromatic rings. The van der Waals surface area contributed by atoms with Crippen molar-refractivity contribution in [3.8, 4) is 0 Å². The maximum atomic E-state index is 12.0. The lowest BCUT2D eigenvalue weighted by Crippen LogP contribution is -2.46. The van der Waals surface area contributed by atoms with Crippen molar-refractivity contribution >= 4 is 10.0 Å². The van der Waals surface area contributed by atoms with Crippen molar-refractivity contribution in [2.75, 3.05) is 19.8 Å². The highest BCUT2D eigenvalue weighted by Crippen LogP contribution is 2.20. The fraction of sp³-hybridized carbons (Fsp3) is 0.625. The predicted octanol–water partition coefficient (Wildman–Crippen LogP) is 1.75. The zero-order valence-electron chi connectivity index (χ0n) is 13.5. The molecule has 5 nitrogen and oxygen atoms in total. The second-order valence-corrected chi connectivity index (χ2v) is 7.81. The number of sulfonamides is 1. The van der Waals surface area contributed by atoms with Crippen LogP contribution >= 0.6 is 0 Å². The monoisotopic (exact) mass is 326 g/mol. The lowest BCUT2D eigenvalue weighted by molar-refractivity contribution is 0.00148. The maximum Gasteiger partial charge on any atom is 0.240 e. The first kappa shape index (κ1) is 17.4. The molecule has 0 spiro atoms. The molecule has 0 aliphatic carbocycles. The van der Waals surface area contributed by atoms with Crippen molar-refractivity contribution < 1.29 is 13.2 Å². The summed E-state index contributed by atoms with van der Waals surface area (Å²) in [5.74, 6) is 0.912. The quantitative estimate of drug-likeness (QED) is 0.836. The largest absolute Gasteiger partial charge is 0.381 e. The highest BCUT2D eigenvalue weighted by atomic mass is 32.2. The first-order chi connectivity index (χ1) is 10.4. The van der Waals surface area contributed by atoms with E-state index in [1.54, 1.807) is 25.1 Å². The molecule has 1 heterocycles. The fourth-order valence-corrected chi connectivity index (χ4v) is 4.05. The van der Waals surface area contributed by atoms with E-state index in [2.05, 4.69) is 23.9 Å². The third kappa shape index (κ3) is 4.29. The Balaban J connectivity index is 2.04. The van der Waals surface area contributed by atoms with Crippen LogP contribution in [0.4, 0.5) is 0 Å². The minimum absolute atomic E-state index is 0.321. The summed E-state index contributed by atoms with van der Waals surface area (Å²) in [6, 6.07) is 7.49. The van der Waals surface area contributed by atoms with Gasteiger partial charge in [-0.15, -0.1) is 0 Å². The number of hydrogen-bond donors (Lipinski definition) is 2. The second-order valence-electron chi connectivity index (χ2n) is 6.05. The normalized spacial score (nSPS) is 26.0. The number of hydrogen-bond acceptors (Lipinski definition) is 4. The number of benzene rings is 1. The molecule has 1 aliphatic heterocycles. The standard InChI is InChI=1S/C16H26N2O3S/c1-4-18-22(19,20)15-7-5-6-14(8-15)9-17-16-12(2)10-21-11-13(16)3/h5-8,12-13,16-18H,4,9-11H2,1-3H3. The van der Waals surface area contributed by atoms with Gasteiger partial charge in [-0.2, -0.15) is 0 Å². The predicted molar refractivity (Wildman–Crippen MR) is 87.1 cm³/mol.